The minimum atomic E-state index is -0.447. The van der Waals surface area contributed by atoms with Crippen molar-refractivity contribution >= 4 is 5.82 Å². The summed E-state index contributed by atoms with van der Waals surface area (Å²) in [6.45, 7) is 1.69. The van der Waals surface area contributed by atoms with Crippen LogP contribution in [0.4, 0.5) is 10.2 Å². The number of nitrogen functional groups attached to an aromatic ring is 1. The van der Waals surface area contributed by atoms with Crippen LogP contribution in [0.3, 0.4) is 0 Å². The van der Waals surface area contributed by atoms with Crippen LogP contribution < -0.4 is 10.5 Å². The van der Waals surface area contributed by atoms with Gasteiger partial charge in [0.1, 0.15) is 11.6 Å². The summed E-state index contributed by atoms with van der Waals surface area (Å²) in [5, 5.41) is 0. The van der Waals surface area contributed by atoms with Crippen LogP contribution >= 0.6 is 0 Å². The van der Waals surface area contributed by atoms with Crippen LogP contribution in [-0.2, 0) is 0 Å². The van der Waals surface area contributed by atoms with Crippen LogP contribution in [0, 0.1) is 12.7 Å². The summed E-state index contributed by atoms with van der Waals surface area (Å²) < 4.78 is 18.5. The van der Waals surface area contributed by atoms with E-state index in [2.05, 4.69) is 9.97 Å². The average Bonchev–Trinajstić information content (AvgIpc) is 2.20. The van der Waals surface area contributed by atoms with Crippen molar-refractivity contribution in [3.05, 3.63) is 42.0 Å². The first-order valence-corrected chi connectivity index (χ1v) is 4.69. The van der Waals surface area contributed by atoms with Crippen molar-refractivity contribution in [2.75, 3.05) is 5.73 Å². The molecule has 0 aliphatic carbocycles. The number of halogens is 1. The van der Waals surface area contributed by atoms with Crippen molar-refractivity contribution in [1.82, 2.24) is 9.97 Å². The highest BCUT2D eigenvalue weighted by molar-refractivity contribution is 5.35. The highest BCUT2D eigenvalue weighted by atomic mass is 19.1. The Morgan fingerprint density at radius 2 is 2.00 bits per heavy atom. The molecule has 0 saturated carbocycles. The van der Waals surface area contributed by atoms with Crippen molar-refractivity contribution < 1.29 is 9.13 Å². The zero-order valence-corrected chi connectivity index (χ0v) is 8.64. The Hall–Kier alpha value is -2.17. The van der Waals surface area contributed by atoms with Gasteiger partial charge in [-0.25, -0.2) is 9.37 Å². The van der Waals surface area contributed by atoms with Gasteiger partial charge in [-0.3, -0.25) is 0 Å². The third-order valence-corrected chi connectivity index (χ3v) is 1.89. The Bertz CT molecular complexity index is 496. The Balaban J connectivity index is 2.30. The quantitative estimate of drug-likeness (QED) is 0.841. The lowest BCUT2D eigenvalue weighted by Crippen LogP contribution is -1.98. The Kier molecular flexibility index (Phi) is 2.68. The minimum Gasteiger partial charge on any atom is -0.436 e. The number of ether oxygens (including phenoxy) is 1. The molecule has 0 fully saturated rings. The van der Waals surface area contributed by atoms with Crippen molar-refractivity contribution in [1.29, 1.82) is 0 Å². The lowest BCUT2D eigenvalue weighted by Gasteiger charge is -2.06. The second-order valence-electron chi connectivity index (χ2n) is 3.21. The lowest BCUT2D eigenvalue weighted by atomic mass is 10.3. The van der Waals surface area contributed by atoms with E-state index in [0.717, 1.165) is 0 Å². The van der Waals surface area contributed by atoms with Gasteiger partial charge in [0.05, 0.1) is 0 Å². The van der Waals surface area contributed by atoms with Gasteiger partial charge in [0.2, 0.25) is 5.88 Å². The van der Waals surface area contributed by atoms with Crippen LogP contribution in [0.25, 0.3) is 0 Å². The number of para-hydroxylation sites is 1. The highest BCUT2D eigenvalue weighted by Gasteiger charge is 2.05. The molecule has 16 heavy (non-hydrogen) atoms. The molecule has 0 aliphatic rings. The number of benzene rings is 1. The Labute approximate surface area is 91.9 Å². The van der Waals surface area contributed by atoms with Crippen LogP contribution in [0.2, 0.25) is 0 Å². The molecule has 1 aromatic carbocycles. The summed E-state index contributed by atoms with van der Waals surface area (Å²) >= 11 is 0. The van der Waals surface area contributed by atoms with E-state index in [1.807, 2.05) is 0 Å². The fourth-order valence-corrected chi connectivity index (χ4v) is 1.25. The van der Waals surface area contributed by atoms with Crippen LogP contribution in [0.5, 0.6) is 11.6 Å². The van der Waals surface area contributed by atoms with E-state index in [1.165, 1.54) is 18.2 Å². The molecule has 0 spiro atoms. The van der Waals surface area contributed by atoms with Gasteiger partial charge in [-0.1, -0.05) is 12.1 Å². The zero-order valence-electron chi connectivity index (χ0n) is 8.64. The molecule has 2 rings (SSSR count). The Morgan fingerprint density at radius 3 is 2.69 bits per heavy atom. The SMILES string of the molecule is Cc1nc(N)cc(Oc2ccccc2F)n1. The first kappa shape index (κ1) is 10.4. The molecule has 1 heterocycles. The molecule has 0 unspecified atom stereocenters. The monoisotopic (exact) mass is 219 g/mol. The maximum atomic E-state index is 13.3. The summed E-state index contributed by atoms with van der Waals surface area (Å²) in [7, 11) is 0. The first-order chi connectivity index (χ1) is 7.65. The fourth-order valence-electron chi connectivity index (χ4n) is 1.25. The van der Waals surface area contributed by atoms with E-state index >= 15 is 0 Å². The summed E-state index contributed by atoms with van der Waals surface area (Å²) in [6, 6.07) is 7.53. The molecule has 0 bridgehead atoms. The number of aromatic nitrogens is 2. The number of hydrogen-bond donors (Lipinski definition) is 1. The van der Waals surface area contributed by atoms with Crippen LogP contribution in [0.15, 0.2) is 30.3 Å². The van der Waals surface area contributed by atoms with Crippen molar-refractivity contribution in [3.63, 3.8) is 0 Å². The summed E-state index contributed by atoms with van der Waals surface area (Å²) in [4.78, 5) is 7.88. The number of nitrogens with zero attached hydrogens (tertiary/aromatic N) is 2. The number of nitrogens with two attached hydrogens (primary N) is 1. The Morgan fingerprint density at radius 1 is 1.25 bits per heavy atom. The first-order valence-electron chi connectivity index (χ1n) is 4.69. The van der Waals surface area contributed by atoms with E-state index in [-0.39, 0.29) is 11.6 Å². The molecular formula is C11H10FN3O. The van der Waals surface area contributed by atoms with Gasteiger partial charge in [0.25, 0.3) is 0 Å². The molecule has 0 amide bonds. The molecule has 0 radical (unpaired) electrons. The predicted molar refractivity (Wildman–Crippen MR) is 57.7 cm³/mol. The normalized spacial score (nSPS) is 10.1. The van der Waals surface area contributed by atoms with Crippen molar-refractivity contribution in [2.24, 2.45) is 0 Å². The van der Waals surface area contributed by atoms with Gasteiger partial charge >= 0.3 is 0 Å². The van der Waals surface area contributed by atoms with Gasteiger partial charge in [0.15, 0.2) is 11.6 Å². The van der Waals surface area contributed by atoms with E-state index < -0.39 is 5.82 Å². The van der Waals surface area contributed by atoms with Crippen LogP contribution in [0.1, 0.15) is 5.82 Å². The summed E-state index contributed by atoms with van der Waals surface area (Å²) in [5.74, 6) is 0.664. The maximum Gasteiger partial charge on any atom is 0.224 e. The van der Waals surface area contributed by atoms with E-state index in [9.17, 15) is 4.39 Å². The van der Waals surface area contributed by atoms with Gasteiger partial charge in [-0.2, -0.15) is 4.98 Å². The highest BCUT2D eigenvalue weighted by Crippen LogP contribution is 2.23. The fraction of sp³-hybridized carbons (Fsp3) is 0.0909. The molecule has 0 atom stereocenters. The number of rotatable bonds is 2. The summed E-state index contributed by atoms with van der Waals surface area (Å²) in [6.07, 6.45) is 0. The van der Waals surface area contributed by atoms with Gasteiger partial charge < -0.3 is 10.5 Å². The van der Waals surface area contributed by atoms with Gasteiger partial charge in [0, 0.05) is 6.07 Å². The largest absolute Gasteiger partial charge is 0.436 e. The zero-order chi connectivity index (χ0) is 11.5. The maximum absolute atomic E-state index is 13.3. The molecular weight excluding hydrogens is 209 g/mol. The second-order valence-corrected chi connectivity index (χ2v) is 3.21. The standard InChI is InChI=1S/C11H10FN3O/c1-7-14-10(13)6-11(15-7)16-9-5-3-2-4-8(9)12/h2-6H,1H3,(H2,13,14,15). The molecule has 82 valence electrons. The smallest absolute Gasteiger partial charge is 0.224 e. The molecule has 5 heteroatoms. The molecule has 0 saturated heterocycles. The molecule has 4 nitrogen and oxygen atoms in total. The summed E-state index contributed by atoms with van der Waals surface area (Å²) in [5.41, 5.74) is 5.53. The van der Waals surface area contributed by atoms with Gasteiger partial charge in [-0.15, -0.1) is 0 Å². The number of anilines is 1. The lowest BCUT2D eigenvalue weighted by molar-refractivity contribution is 0.425. The number of hydrogen-bond acceptors (Lipinski definition) is 4. The molecule has 1 aromatic heterocycles. The second kappa shape index (κ2) is 4.14. The van der Waals surface area contributed by atoms with Crippen molar-refractivity contribution in [3.8, 4) is 11.6 Å². The van der Waals surface area contributed by atoms with Crippen LogP contribution in [-0.4, -0.2) is 9.97 Å². The van der Waals surface area contributed by atoms with E-state index in [0.29, 0.717) is 11.6 Å². The minimum absolute atomic E-state index is 0.111. The van der Waals surface area contributed by atoms with E-state index in [1.54, 1.807) is 19.1 Å². The third kappa shape index (κ3) is 2.25. The number of aryl methyl sites for hydroxylation is 1. The molecule has 2 N–H and O–H groups in total. The molecule has 2 aromatic rings. The molecule has 0 aliphatic heterocycles. The van der Waals surface area contributed by atoms with Gasteiger partial charge in [-0.05, 0) is 19.1 Å². The topological polar surface area (TPSA) is 61.0 Å². The van der Waals surface area contributed by atoms with E-state index in [4.69, 9.17) is 10.5 Å². The third-order valence-electron chi connectivity index (χ3n) is 1.89. The van der Waals surface area contributed by atoms with Crippen molar-refractivity contribution in [2.45, 2.75) is 6.92 Å². The predicted octanol–water partition coefficient (Wildman–Crippen LogP) is 2.30. The average molecular weight is 219 g/mol.